The van der Waals surface area contributed by atoms with E-state index >= 15 is 0 Å². The second-order valence-electron chi connectivity index (χ2n) is 7.22. The standard InChI is InChI=1S/C23H18N4O3S/c24-31(28,29)20-3-1-2-16(11-20)10-17-4-5-23-26-13-22(27(23)14-17)18-6-8-25-21(12-18)19-7-9-30-15-19/h1-9,11-15H,10H2,(H2,24,28,29). The Morgan fingerprint density at radius 2 is 1.87 bits per heavy atom. The highest BCUT2D eigenvalue weighted by molar-refractivity contribution is 7.89. The zero-order chi connectivity index (χ0) is 21.4. The number of primary sulfonamides is 1. The number of hydrogen-bond acceptors (Lipinski definition) is 5. The highest BCUT2D eigenvalue weighted by atomic mass is 32.2. The largest absolute Gasteiger partial charge is 0.472 e. The fourth-order valence-electron chi connectivity index (χ4n) is 3.57. The molecule has 154 valence electrons. The molecule has 2 N–H and O–H groups in total. The normalized spacial score (nSPS) is 11.8. The van der Waals surface area contributed by atoms with Gasteiger partial charge in [0.05, 0.1) is 35.0 Å². The molecule has 1 aromatic carbocycles. The Bertz CT molecular complexity index is 1490. The Labute approximate surface area is 178 Å². The topological polar surface area (TPSA) is 103 Å². The van der Waals surface area contributed by atoms with Crippen molar-refractivity contribution in [2.75, 3.05) is 0 Å². The number of rotatable bonds is 5. The Morgan fingerprint density at radius 1 is 0.968 bits per heavy atom. The van der Waals surface area contributed by atoms with Crippen LogP contribution in [0, 0.1) is 0 Å². The Kier molecular flexibility index (Phi) is 4.65. The summed E-state index contributed by atoms with van der Waals surface area (Å²) in [7, 11) is -3.74. The van der Waals surface area contributed by atoms with Gasteiger partial charge in [-0.25, -0.2) is 18.5 Å². The summed E-state index contributed by atoms with van der Waals surface area (Å²) < 4.78 is 30.5. The zero-order valence-electron chi connectivity index (χ0n) is 16.3. The second kappa shape index (κ2) is 7.50. The lowest BCUT2D eigenvalue weighted by Crippen LogP contribution is -2.12. The minimum atomic E-state index is -3.74. The molecule has 31 heavy (non-hydrogen) atoms. The molecule has 0 unspecified atom stereocenters. The number of nitrogens with zero attached hydrogens (tertiary/aromatic N) is 3. The van der Waals surface area contributed by atoms with E-state index in [0.717, 1.165) is 39.3 Å². The van der Waals surface area contributed by atoms with Crippen LogP contribution in [-0.4, -0.2) is 22.8 Å². The van der Waals surface area contributed by atoms with Gasteiger partial charge in [0.15, 0.2) is 0 Å². The second-order valence-corrected chi connectivity index (χ2v) is 8.78. The van der Waals surface area contributed by atoms with Gasteiger partial charge in [-0.15, -0.1) is 0 Å². The maximum absolute atomic E-state index is 11.6. The van der Waals surface area contributed by atoms with Gasteiger partial charge < -0.3 is 4.42 Å². The minimum Gasteiger partial charge on any atom is -0.472 e. The number of hydrogen-bond donors (Lipinski definition) is 1. The summed E-state index contributed by atoms with van der Waals surface area (Å²) in [6, 6.07) is 16.4. The smallest absolute Gasteiger partial charge is 0.238 e. The SMILES string of the molecule is NS(=O)(=O)c1cccc(Cc2ccc3ncc(-c4ccnc(-c5ccoc5)c4)n3c2)c1. The summed E-state index contributed by atoms with van der Waals surface area (Å²) >= 11 is 0. The first kappa shape index (κ1) is 19.2. The minimum absolute atomic E-state index is 0.109. The predicted octanol–water partition coefficient (Wildman–Crippen LogP) is 3.89. The van der Waals surface area contributed by atoms with Gasteiger partial charge in [-0.2, -0.15) is 0 Å². The van der Waals surface area contributed by atoms with E-state index in [2.05, 4.69) is 9.97 Å². The van der Waals surface area contributed by atoms with E-state index in [4.69, 9.17) is 9.56 Å². The first-order chi connectivity index (χ1) is 15.0. The molecule has 0 aliphatic heterocycles. The lowest BCUT2D eigenvalue weighted by molar-refractivity contribution is 0.568. The highest BCUT2D eigenvalue weighted by Crippen LogP contribution is 2.26. The van der Waals surface area contributed by atoms with Gasteiger partial charge in [0, 0.05) is 23.5 Å². The fraction of sp³-hybridized carbons (Fsp3) is 0.0435. The average molecular weight is 430 g/mol. The van der Waals surface area contributed by atoms with Crippen LogP contribution in [0.15, 0.2) is 95.0 Å². The molecule has 4 aromatic heterocycles. The molecular formula is C23H18N4O3S. The van der Waals surface area contributed by atoms with E-state index in [-0.39, 0.29) is 4.90 Å². The van der Waals surface area contributed by atoms with Gasteiger partial charge in [-0.1, -0.05) is 18.2 Å². The molecule has 0 radical (unpaired) electrons. The lowest BCUT2D eigenvalue weighted by Gasteiger charge is -2.08. The van der Waals surface area contributed by atoms with Crippen LogP contribution < -0.4 is 5.14 Å². The van der Waals surface area contributed by atoms with E-state index < -0.39 is 10.0 Å². The summed E-state index contributed by atoms with van der Waals surface area (Å²) in [6.07, 6.45) is 9.45. The summed E-state index contributed by atoms with van der Waals surface area (Å²) in [5.74, 6) is 0. The van der Waals surface area contributed by atoms with E-state index in [1.54, 1.807) is 30.9 Å². The average Bonchev–Trinajstić information content (AvgIpc) is 3.44. The molecule has 5 rings (SSSR count). The molecule has 5 aromatic rings. The number of nitrogens with two attached hydrogens (primary N) is 1. The van der Waals surface area contributed by atoms with Crippen LogP contribution in [0.1, 0.15) is 11.1 Å². The number of sulfonamides is 1. The first-order valence-corrected chi connectivity index (χ1v) is 11.1. The molecular weight excluding hydrogens is 412 g/mol. The third-order valence-electron chi connectivity index (χ3n) is 5.07. The van der Waals surface area contributed by atoms with Crippen molar-refractivity contribution in [1.29, 1.82) is 0 Å². The van der Waals surface area contributed by atoms with Crippen LogP contribution in [0.3, 0.4) is 0 Å². The van der Waals surface area contributed by atoms with Gasteiger partial charge >= 0.3 is 0 Å². The number of benzene rings is 1. The number of furan rings is 1. The van der Waals surface area contributed by atoms with Crippen LogP contribution >= 0.6 is 0 Å². The number of fused-ring (bicyclic) bond motifs is 1. The quantitative estimate of drug-likeness (QED) is 0.456. The molecule has 0 atom stereocenters. The van der Waals surface area contributed by atoms with E-state index in [9.17, 15) is 8.42 Å². The molecule has 0 aliphatic rings. The zero-order valence-corrected chi connectivity index (χ0v) is 17.2. The summed E-state index contributed by atoms with van der Waals surface area (Å²) in [5.41, 5.74) is 6.33. The molecule has 0 saturated carbocycles. The predicted molar refractivity (Wildman–Crippen MR) is 117 cm³/mol. The van der Waals surface area contributed by atoms with Crippen LogP contribution in [0.25, 0.3) is 28.2 Å². The molecule has 0 bridgehead atoms. The van der Waals surface area contributed by atoms with Crippen molar-refractivity contribution in [3.63, 3.8) is 0 Å². The molecule has 0 saturated heterocycles. The summed E-state index contributed by atoms with van der Waals surface area (Å²) in [6.45, 7) is 0. The first-order valence-electron chi connectivity index (χ1n) is 9.54. The Hall–Kier alpha value is -3.75. The van der Waals surface area contributed by atoms with Crippen molar-refractivity contribution in [3.8, 4) is 22.5 Å². The van der Waals surface area contributed by atoms with E-state index in [0.29, 0.717) is 6.42 Å². The van der Waals surface area contributed by atoms with Gasteiger partial charge in [-0.05, 0) is 53.9 Å². The van der Waals surface area contributed by atoms with Crippen molar-refractivity contribution in [2.24, 2.45) is 5.14 Å². The van der Waals surface area contributed by atoms with Gasteiger partial charge in [-0.3, -0.25) is 9.38 Å². The maximum atomic E-state index is 11.6. The van der Waals surface area contributed by atoms with Crippen LogP contribution in [0.2, 0.25) is 0 Å². The Morgan fingerprint density at radius 3 is 2.68 bits per heavy atom. The number of aromatic nitrogens is 3. The maximum Gasteiger partial charge on any atom is 0.238 e. The molecule has 0 aliphatic carbocycles. The van der Waals surface area contributed by atoms with Gasteiger partial charge in [0.2, 0.25) is 10.0 Å². The van der Waals surface area contributed by atoms with Crippen molar-refractivity contribution in [2.45, 2.75) is 11.3 Å². The van der Waals surface area contributed by atoms with Crippen molar-refractivity contribution in [3.05, 3.63) is 96.8 Å². The third-order valence-corrected chi connectivity index (χ3v) is 5.99. The highest BCUT2D eigenvalue weighted by Gasteiger charge is 2.11. The molecule has 7 nitrogen and oxygen atoms in total. The van der Waals surface area contributed by atoms with Crippen molar-refractivity contribution < 1.29 is 12.8 Å². The molecule has 0 spiro atoms. The van der Waals surface area contributed by atoms with E-state index in [1.165, 1.54) is 6.07 Å². The van der Waals surface area contributed by atoms with Crippen LogP contribution in [0.5, 0.6) is 0 Å². The fourth-order valence-corrected chi connectivity index (χ4v) is 4.15. The lowest BCUT2D eigenvalue weighted by atomic mass is 10.1. The van der Waals surface area contributed by atoms with Gasteiger partial charge in [0.25, 0.3) is 0 Å². The van der Waals surface area contributed by atoms with Crippen LogP contribution in [0.4, 0.5) is 0 Å². The third kappa shape index (κ3) is 3.86. The van der Waals surface area contributed by atoms with Gasteiger partial charge in [0.1, 0.15) is 5.65 Å². The van der Waals surface area contributed by atoms with Crippen molar-refractivity contribution in [1.82, 2.24) is 14.4 Å². The molecule has 0 amide bonds. The van der Waals surface area contributed by atoms with Crippen LogP contribution in [-0.2, 0) is 16.4 Å². The monoisotopic (exact) mass is 430 g/mol. The number of imidazole rings is 1. The van der Waals surface area contributed by atoms with Crippen molar-refractivity contribution >= 4 is 15.7 Å². The summed E-state index contributed by atoms with van der Waals surface area (Å²) in [5, 5.41) is 5.26. The molecule has 4 heterocycles. The summed E-state index contributed by atoms with van der Waals surface area (Å²) in [4.78, 5) is 9.04. The molecule has 8 heteroatoms. The molecule has 0 fully saturated rings. The van der Waals surface area contributed by atoms with E-state index in [1.807, 2.05) is 53.2 Å². The Balaban J connectivity index is 1.52. The number of pyridine rings is 2.